The van der Waals surface area contributed by atoms with Crippen LogP contribution < -0.4 is 10.6 Å². The van der Waals surface area contributed by atoms with E-state index in [2.05, 4.69) is 10.6 Å². The summed E-state index contributed by atoms with van der Waals surface area (Å²) < 4.78 is 5.02. The predicted octanol–water partition coefficient (Wildman–Crippen LogP) is 2.97. The first-order valence-corrected chi connectivity index (χ1v) is 10.6. The van der Waals surface area contributed by atoms with Crippen molar-refractivity contribution in [2.45, 2.75) is 44.1 Å². The van der Waals surface area contributed by atoms with Crippen LogP contribution in [0.5, 0.6) is 0 Å². The Balaban J connectivity index is 1.19. The van der Waals surface area contributed by atoms with Crippen molar-refractivity contribution in [1.29, 1.82) is 0 Å². The van der Waals surface area contributed by atoms with Crippen molar-refractivity contribution in [3.8, 4) is 0 Å². The summed E-state index contributed by atoms with van der Waals surface area (Å²) in [6.45, 7) is -0.233. The lowest BCUT2D eigenvalue weighted by Gasteiger charge is -2.19. The molecule has 0 unspecified atom stereocenters. The minimum absolute atomic E-state index is 0.0211. The van der Waals surface area contributed by atoms with Gasteiger partial charge in [0.05, 0.1) is 0 Å². The predicted molar refractivity (Wildman–Crippen MR) is 114 cm³/mol. The number of benzene rings is 2. The van der Waals surface area contributed by atoms with Crippen LogP contribution in [-0.2, 0) is 19.1 Å². The Hall–Kier alpha value is -3.42. The van der Waals surface area contributed by atoms with E-state index < -0.39 is 30.1 Å². The molecular formula is C23H25N3O5. The van der Waals surface area contributed by atoms with Crippen molar-refractivity contribution in [3.63, 3.8) is 0 Å². The quantitative estimate of drug-likeness (QED) is 0.526. The summed E-state index contributed by atoms with van der Waals surface area (Å²) in [5, 5.41) is 7.58. The number of urea groups is 1. The second kappa shape index (κ2) is 8.75. The number of imide groups is 1. The van der Waals surface area contributed by atoms with Gasteiger partial charge in [-0.2, -0.15) is 0 Å². The SMILES string of the molecule is O=C(COC(=O)CCCN1C(=O)NC2(CCCC2)C1=O)Nc1ccc2ccccc2c1. The van der Waals surface area contributed by atoms with Gasteiger partial charge in [0.25, 0.3) is 11.8 Å². The van der Waals surface area contributed by atoms with Crippen molar-refractivity contribution < 1.29 is 23.9 Å². The molecule has 2 aromatic carbocycles. The summed E-state index contributed by atoms with van der Waals surface area (Å²) in [4.78, 5) is 49.9. The normalized spacial score (nSPS) is 17.2. The molecule has 8 nitrogen and oxygen atoms in total. The van der Waals surface area contributed by atoms with Crippen LogP contribution in [0.1, 0.15) is 38.5 Å². The molecule has 0 atom stereocenters. The summed E-state index contributed by atoms with van der Waals surface area (Å²) in [7, 11) is 0. The molecule has 2 fully saturated rings. The average Bonchev–Trinajstić information content (AvgIpc) is 3.32. The zero-order chi connectivity index (χ0) is 21.8. The maximum Gasteiger partial charge on any atom is 0.325 e. The molecular weight excluding hydrogens is 398 g/mol. The number of esters is 1. The van der Waals surface area contributed by atoms with E-state index in [1.807, 2.05) is 36.4 Å². The number of rotatable bonds is 7. The van der Waals surface area contributed by atoms with Gasteiger partial charge in [-0.05, 0) is 42.2 Å². The Morgan fingerprint density at radius 2 is 1.81 bits per heavy atom. The lowest BCUT2D eigenvalue weighted by atomic mass is 9.98. The third kappa shape index (κ3) is 4.52. The monoisotopic (exact) mass is 423 g/mol. The highest BCUT2D eigenvalue weighted by Gasteiger charge is 2.52. The first-order valence-electron chi connectivity index (χ1n) is 10.6. The summed E-state index contributed by atoms with van der Waals surface area (Å²) >= 11 is 0. The molecule has 2 N–H and O–H groups in total. The maximum absolute atomic E-state index is 12.6. The summed E-state index contributed by atoms with van der Waals surface area (Å²) in [5.41, 5.74) is -0.113. The van der Waals surface area contributed by atoms with Gasteiger partial charge in [-0.3, -0.25) is 19.3 Å². The number of nitrogens with one attached hydrogen (secondary N) is 2. The number of hydrogen-bond acceptors (Lipinski definition) is 5. The molecule has 4 rings (SSSR count). The molecule has 0 radical (unpaired) electrons. The van der Waals surface area contributed by atoms with Crippen LogP contribution in [0.3, 0.4) is 0 Å². The fraction of sp³-hybridized carbons (Fsp3) is 0.391. The van der Waals surface area contributed by atoms with Crippen molar-refractivity contribution >= 4 is 40.3 Å². The number of carbonyl (C=O) groups is 4. The molecule has 2 aromatic rings. The number of anilines is 1. The summed E-state index contributed by atoms with van der Waals surface area (Å²) in [6.07, 6.45) is 3.50. The molecule has 1 saturated heterocycles. The van der Waals surface area contributed by atoms with Crippen molar-refractivity contribution in [1.82, 2.24) is 10.2 Å². The number of hydrogen-bond donors (Lipinski definition) is 2. The Kier molecular flexibility index (Phi) is 5.88. The lowest BCUT2D eigenvalue weighted by molar-refractivity contribution is -0.147. The lowest BCUT2D eigenvalue weighted by Crippen LogP contribution is -2.44. The van der Waals surface area contributed by atoms with E-state index >= 15 is 0 Å². The Morgan fingerprint density at radius 1 is 1.06 bits per heavy atom. The molecule has 0 aromatic heterocycles. The number of fused-ring (bicyclic) bond motifs is 1. The van der Waals surface area contributed by atoms with Crippen LogP contribution >= 0.6 is 0 Å². The molecule has 4 amide bonds. The van der Waals surface area contributed by atoms with Gasteiger partial charge in [0, 0.05) is 18.7 Å². The Morgan fingerprint density at radius 3 is 2.58 bits per heavy atom. The fourth-order valence-electron chi connectivity index (χ4n) is 4.26. The molecule has 31 heavy (non-hydrogen) atoms. The fourth-order valence-corrected chi connectivity index (χ4v) is 4.26. The topological polar surface area (TPSA) is 105 Å². The molecule has 1 spiro atoms. The van der Waals surface area contributed by atoms with E-state index in [0.717, 1.165) is 23.6 Å². The molecule has 0 bridgehead atoms. The van der Waals surface area contributed by atoms with Crippen LogP contribution in [0.25, 0.3) is 10.8 Å². The van der Waals surface area contributed by atoms with Gasteiger partial charge in [-0.25, -0.2) is 4.79 Å². The van der Waals surface area contributed by atoms with Crippen molar-refractivity contribution in [2.75, 3.05) is 18.5 Å². The van der Waals surface area contributed by atoms with Gasteiger partial charge in [0.2, 0.25) is 0 Å². The van der Waals surface area contributed by atoms with Crippen LogP contribution in [-0.4, -0.2) is 47.4 Å². The molecule has 8 heteroatoms. The van der Waals surface area contributed by atoms with Gasteiger partial charge in [-0.1, -0.05) is 43.2 Å². The highest BCUT2D eigenvalue weighted by Crippen LogP contribution is 2.35. The van der Waals surface area contributed by atoms with Gasteiger partial charge in [-0.15, -0.1) is 0 Å². The van der Waals surface area contributed by atoms with Gasteiger partial charge >= 0.3 is 12.0 Å². The van der Waals surface area contributed by atoms with Gasteiger partial charge < -0.3 is 15.4 Å². The van der Waals surface area contributed by atoms with Crippen LogP contribution in [0, 0.1) is 0 Å². The zero-order valence-corrected chi connectivity index (χ0v) is 17.2. The second-order valence-electron chi connectivity index (χ2n) is 8.05. The van der Waals surface area contributed by atoms with E-state index in [9.17, 15) is 19.2 Å². The number of ether oxygens (including phenoxy) is 1. The highest BCUT2D eigenvalue weighted by atomic mass is 16.5. The molecule has 1 saturated carbocycles. The standard InChI is InChI=1S/C23H25N3O5/c27-19(24-18-10-9-16-6-1-2-7-17(16)14-18)15-31-20(28)8-5-13-26-21(29)23(25-22(26)30)11-3-4-12-23/h1-2,6-7,9-10,14H,3-5,8,11-13,15H2,(H,24,27)(H,25,30). The Bertz CT molecular complexity index is 1030. The second-order valence-corrected chi connectivity index (χ2v) is 8.05. The zero-order valence-electron chi connectivity index (χ0n) is 17.2. The van der Waals surface area contributed by atoms with Crippen LogP contribution in [0.2, 0.25) is 0 Å². The number of nitrogens with zero attached hydrogens (tertiary/aromatic N) is 1. The third-order valence-electron chi connectivity index (χ3n) is 5.86. The minimum Gasteiger partial charge on any atom is -0.456 e. The van der Waals surface area contributed by atoms with E-state index in [4.69, 9.17) is 4.74 Å². The number of carbonyl (C=O) groups excluding carboxylic acids is 4. The molecule has 162 valence electrons. The number of amides is 4. The largest absolute Gasteiger partial charge is 0.456 e. The first kappa shape index (κ1) is 20.8. The smallest absolute Gasteiger partial charge is 0.325 e. The van der Waals surface area contributed by atoms with Crippen molar-refractivity contribution in [2.24, 2.45) is 0 Å². The molecule has 2 aliphatic rings. The molecule has 1 heterocycles. The van der Waals surface area contributed by atoms with Crippen molar-refractivity contribution in [3.05, 3.63) is 42.5 Å². The highest BCUT2D eigenvalue weighted by molar-refractivity contribution is 6.07. The molecule has 1 aliphatic heterocycles. The Labute approximate surface area is 179 Å². The van der Waals surface area contributed by atoms with Crippen LogP contribution in [0.4, 0.5) is 10.5 Å². The summed E-state index contributed by atoms with van der Waals surface area (Å²) in [5.74, 6) is -1.17. The van der Waals surface area contributed by atoms with Crippen LogP contribution in [0.15, 0.2) is 42.5 Å². The maximum atomic E-state index is 12.6. The van der Waals surface area contributed by atoms with E-state index in [-0.39, 0.29) is 18.9 Å². The van der Waals surface area contributed by atoms with Gasteiger partial charge in [0.1, 0.15) is 5.54 Å². The average molecular weight is 423 g/mol. The molecule has 1 aliphatic carbocycles. The van der Waals surface area contributed by atoms with E-state index in [1.54, 1.807) is 6.07 Å². The minimum atomic E-state index is -0.738. The first-order chi connectivity index (χ1) is 15.0. The third-order valence-corrected chi connectivity index (χ3v) is 5.86. The summed E-state index contributed by atoms with van der Waals surface area (Å²) in [6, 6.07) is 12.9. The van der Waals surface area contributed by atoms with Gasteiger partial charge in [0.15, 0.2) is 6.61 Å². The van der Waals surface area contributed by atoms with E-state index in [0.29, 0.717) is 24.9 Å². The van der Waals surface area contributed by atoms with E-state index in [1.165, 1.54) is 4.90 Å².